The second-order valence-electron chi connectivity index (χ2n) is 30.6. The molecule has 4 aromatic carbocycles. The molecule has 0 saturated heterocycles. The van der Waals surface area contributed by atoms with Crippen LogP contribution in [0, 0.1) is 0 Å². The minimum Gasteiger partial charge on any atom is -0.497 e. The fourth-order valence-electron chi connectivity index (χ4n) is 12.8. The lowest BCUT2D eigenvalue weighted by Gasteiger charge is -2.34. The van der Waals surface area contributed by atoms with Crippen LogP contribution in [-0.4, -0.2) is 219 Å². The lowest BCUT2D eigenvalue weighted by Crippen LogP contribution is -2.65. The number of primary amides is 4. The third-order valence-corrected chi connectivity index (χ3v) is 19.8. The van der Waals surface area contributed by atoms with Crippen molar-refractivity contribution in [3.63, 3.8) is 0 Å². The number of hydrogen-bond donors (Lipinski definition) is 22. The zero-order valence-corrected chi connectivity index (χ0v) is 70.3. The molecule has 0 bridgehead atoms. The lowest BCUT2D eigenvalue weighted by molar-refractivity contribution is -0.138. The smallest absolute Gasteiger partial charge is 0.246 e. The van der Waals surface area contributed by atoms with Gasteiger partial charge in [-0.1, -0.05) is 72.8 Å². The van der Waals surface area contributed by atoms with Crippen molar-refractivity contribution in [2.45, 2.75) is 220 Å². The van der Waals surface area contributed by atoms with Gasteiger partial charge in [-0.05, 0) is 139 Å². The Hall–Kier alpha value is -11.9. The number of unbranched alkanes of at least 4 members (excludes halogenated alkanes) is 1. The van der Waals surface area contributed by atoms with E-state index < -0.39 is 215 Å². The molecule has 5 rings (SSSR count). The van der Waals surface area contributed by atoms with E-state index in [2.05, 4.69) is 86.7 Å². The number of methoxy groups -OCH3 is 1. The van der Waals surface area contributed by atoms with Gasteiger partial charge in [0.05, 0.1) is 26.2 Å². The average molecular weight is 1710 g/mol. The number of aromatic amines is 1. The average Bonchev–Trinajstić information content (AvgIpc) is 1.62. The molecule has 1 aromatic heterocycles. The van der Waals surface area contributed by atoms with E-state index in [1.54, 1.807) is 79.0 Å². The van der Waals surface area contributed by atoms with E-state index in [4.69, 9.17) is 46.0 Å². The fraction of sp³-hybridized carbons (Fsp3) is 0.487. The molecule has 1 heterocycles. The number of benzene rings is 4. The highest BCUT2D eigenvalue weighted by atomic mass is 32.1. The first-order valence-electron chi connectivity index (χ1n) is 38.8. The van der Waals surface area contributed by atoms with Crippen molar-refractivity contribution < 1.29 is 91.4 Å². The SMILES string of the molecule is COc1ccc(C[C@H](NC(=O)[C@@H](NC(=O)[C@H](CCC(N)=O)NC(=O)[C@H](Cc2c[nH]c3ccccc23)NC(=O)[C@@H](NC(=O)[C@H](CCC(N)=O)NC(=O)[C@@H](NC(C)=O)C(C)(C)S)[C@@H](C)O)C(C)(C)S)C(=O)N[C@@H](Cc2ccc3ccccc3c2)C(=O)N[C@@](C)(CCCN)C(=O)N[C@@H](CCCCNC(C)=O)C(=O)N[C@@H](CC(N)=O)C(=O)NCC(N)=O)cc1. The molecule has 0 aliphatic carbocycles. The number of para-hydroxylation sites is 1. The Balaban J connectivity index is 1.55. The molecule has 0 saturated carbocycles. The van der Waals surface area contributed by atoms with Gasteiger partial charge < -0.3 is 113 Å². The Morgan fingerprint density at radius 1 is 0.475 bits per heavy atom. The van der Waals surface area contributed by atoms with Crippen molar-refractivity contribution in [2.24, 2.45) is 28.7 Å². The summed E-state index contributed by atoms with van der Waals surface area (Å²) < 4.78 is 2.57. The van der Waals surface area contributed by atoms with E-state index in [0.717, 1.165) is 24.6 Å². The maximum absolute atomic E-state index is 15.5. The van der Waals surface area contributed by atoms with E-state index in [-0.39, 0.29) is 70.4 Å². The zero-order valence-electron chi connectivity index (χ0n) is 68.5. The summed E-state index contributed by atoms with van der Waals surface area (Å²) in [6, 6.07) is 8.96. The molecule has 0 radical (unpaired) electrons. The van der Waals surface area contributed by atoms with E-state index in [9.17, 15) is 57.8 Å². The van der Waals surface area contributed by atoms with Crippen LogP contribution in [0.5, 0.6) is 5.75 Å². The number of carbonyl (C=O) groups is 17. The Morgan fingerprint density at radius 2 is 0.967 bits per heavy atom. The van der Waals surface area contributed by atoms with E-state index >= 15 is 28.8 Å². The van der Waals surface area contributed by atoms with Crippen LogP contribution in [0.2, 0.25) is 0 Å². The molecule has 0 fully saturated rings. The number of nitrogens with two attached hydrogens (primary N) is 5. The van der Waals surface area contributed by atoms with Crippen molar-refractivity contribution in [1.29, 1.82) is 0 Å². The van der Waals surface area contributed by atoms with Gasteiger partial charge in [0.2, 0.25) is 100 Å². The van der Waals surface area contributed by atoms with Gasteiger partial charge in [-0.2, -0.15) is 25.3 Å². The molecular weight excluding hydrogens is 1600 g/mol. The minimum atomic E-state index is -2.00. The number of H-pyrrole nitrogens is 1. The summed E-state index contributed by atoms with van der Waals surface area (Å²) in [6.45, 7) is 10.2. The largest absolute Gasteiger partial charge is 0.497 e. The highest BCUT2D eigenvalue weighted by Crippen LogP contribution is 2.25. The number of aliphatic hydroxyl groups excluding tert-OH is 1. The van der Waals surface area contributed by atoms with Crippen LogP contribution >= 0.6 is 25.3 Å². The molecule has 0 unspecified atom stereocenters. The topological polar surface area (TPSA) is 622 Å². The fourth-order valence-corrected chi connectivity index (χ4v) is 13.1. The quantitative estimate of drug-likeness (QED) is 0.0136. The van der Waals surface area contributed by atoms with Crippen molar-refractivity contribution in [3.05, 3.63) is 114 Å². The first-order chi connectivity index (χ1) is 56.3. The number of rotatable bonds is 50. The number of hydrogen-bond acceptors (Lipinski definition) is 22. The second kappa shape index (κ2) is 46.4. The summed E-state index contributed by atoms with van der Waals surface area (Å²) in [5, 5.41) is 46.5. The van der Waals surface area contributed by atoms with E-state index in [1.165, 1.54) is 48.7 Å². The molecule has 17 amide bonds. The molecule has 0 spiro atoms. The number of carbonyl (C=O) groups excluding carboxylic acids is 17. The lowest BCUT2D eigenvalue weighted by atomic mass is 9.92. The summed E-state index contributed by atoms with van der Waals surface area (Å²) in [5.41, 5.74) is 27.7. The molecule has 120 heavy (non-hydrogen) atoms. The van der Waals surface area contributed by atoms with Crippen molar-refractivity contribution in [1.82, 2.24) is 74.1 Å². The Kier molecular flexibility index (Phi) is 38.2. The van der Waals surface area contributed by atoms with Gasteiger partial charge in [-0.25, -0.2) is 0 Å². The number of aliphatic hydroxyl groups is 1. The molecule has 0 aliphatic heterocycles. The summed E-state index contributed by atoms with van der Waals surface area (Å²) in [7, 11) is 1.42. The molecular formula is C80H113N19O19S2. The minimum absolute atomic E-state index is 0.0286. The molecule has 38 nitrogen and oxygen atoms in total. The Labute approximate surface area is 704 Å². The van der Waals surface area contributed by atoms with E-state index in [1.807, 2.05) is 18.2 Å². The molecule has 25 N–H and O–H groups in total. The normalized spacial score (nSPS) is 14.6. The van der Waals surface area contributed by atoms with Crippen LogP contribution in [0.3, 0.4) is 0 Å². The maximum Gasteiger partial charge on any atom is 0.246 e. The number of amides is 17. The predicted molar refractivity (Wildman–Crippen MR) is 449 cm³/mol. The van der Waals surface area contributed by atoms with Crippen LogP contribution in [0.4, 0.5) is 0 Å². The van der Waals surface area contributed by atoms with Gasteiger partial charge in [0.15, 0.2) is 0 Å². The van der Waals surface area contributed by atoms with Gasteiger partial charge in [0.1, 0.15) is 71.7 Å². The van der Waals surface area contributed by atoms with Crippen molar-refractivity contribution in [3.8, 4) is 5.75 Å². The van der Waals surface area contributed by atoms with Gasteiger partial charge in [0.25, 0.3) is 0 Å². The van der Waals surface area contributed by atoms with Crippen LogP contribution in [0.25, 0.3) is 21.7 Å². The van der Waals surface area contributed by atoms with E-state index in [0.29, 0.717) is 33.3 Å². The zero-order chi connectivity index (χ0) is 89.5. The van der Waals surface area contributed by atoms with Gasteiger partial charge in [0, 0.05) is 79.1 Å². The molecule has 654 valence electrons. The summed E-state index contributed by atoms with van der Waals surface area (Å²) in [6.07, 6.45) is -3.83. The van der Waals surface area contributed by atoms with Crippen LogP contribution in [0.1, 0.15) is 136 Å². The van der Waals surface area contributed by atoms with Crippen LogP contribution < -0.4 is 103 Å². The van der Waals surface area contributed by atoms with Gasteiger partial charge in [-0.15, -0.1) is 0 Å². The first kappa shape index (κ1) is 98.7. The number of aromatic nitrogens is 1. The summed E-state index contributed by atoms with van der Waals surface area (Å²) >= 11 is 9.18. The number of ether oxygens (including phenoxy) is 1. The highest BCUT2D eigenvalue weighted by molar-refractivity contribution is 7.82. The number of nitrogens with one attached hydrogen (secondary N) is 14. The third kappa shape index (κ3) is 32.1. The Morgan fingerprint density at radius 3 is 1.52 bits per heavy atom. The predicted octanol–water partition coefficient (Wildman–Crippen LogP) is -3.05. The molecule has 12 atom stereocenters. The summed E-state index contributed by atoms with van der Waals surface area (Å²) in [5.74, 6) is -15.9. The van der Waals surface area contributed by atoms with Crippen LogP contribution in [-0.2, 0) is 101 Å². The Bertz CT molecular complexity index is 4510. The standard InChI is InChI=1S/C80H113N19O19S2/c1-42(100)64(97-69(109)54(28-30-60(82)103)91-75(115)65(78(4,5)119)89-44(3)102)74(114)94-58(38-49-40-87-52-20-13-12-19-51(49)52)72(112)90-55(29-31-61(83)104)70(110)98-66(79(6,7)120)76(116)95-56(36-45-23-26-50(118-9)27-24-45)71(111)92-57(37-46-22-25-47-17-10-11-18-48(47)35-46)73(113)99-80(8,32-16-33-81)77(117)96-53(21-14-15-34-86-43(2)101)68(108)93-59(39-62(84)105)67(107)88-41-63(85)106/h10-13,17-20,22-27,35,40,42,53-59,64-66,87,100,119-120H,14-16,21,28-34,36-39,41,81H2,1-9H3,(H2,82,103)(H2,83,104)(H2,84,105)(H2,85,106)(H,86,101)(H,88,107)(H,89,102)(H,90,112)(H,91,115)(H,92,111)(H,93,108)(H,94,114)(H,95,116)(H,96,117)(H,97,109)(H,98,110)(H,99,113)/t42-,53+,54+,55+,56+,57+,58+,59+,64+,65-,66-,80+/m1/s1. The molecule has 0 aliphatic rings. The highest BCUT2D eigenvalue weighted by Gasteiger charge is 2.44. The summed E-state index contributed by atoms with van der Waals surface area (Å²) in [4.78, 5) is 237. The molecule has 40 heteroatoms. The number of fused-ring (bicyclic) bond motifs is 2. The maximum atomic E-state index is 15.5. The van der Waals surface area contributed by atoms with Gasteiger partial charge >= 0.3 is 0 Å². The second-order valence-corrected chi connectivity index (χ2v) is 32.9. The number of thiol groups is 2. The van der Waals surface area contributed by atoms with Gasteiger partial charge in [-0.3, -0.25) is 81.5 Å². The van der Waals surface area contributed by atoms with Crippen LogP contribution in [0.15, 0.2) is 97.2 Å². The monoisotopic (exact) mass is 1710 g/mol. The van der Waals surface area contributed by atoms with Crippen molar-refractivity contribution >= 4 is 147 Å². The van der Waals surface area contributed by atoms with Crippen molar-refractivity contribution in [2.75, 3.05) is 26.7 Å². The molecule has 5 aromatic rings. The first-order valence-corrected chi connectivity index (χ1v) is 39.7. The third-order valence-electron chi connectivity index (χ3n) is 19.3.